The van der Waals surface area contributed by atoms with Crippen LogP contribution in [0.4, 0.5) is 8.78 Å². The lowest BCUT2D eigenvalue weighted by molar-refractivity contribution is 0.588. The summed E-state index contributed by atoms with van der Waals surface area (Å²) >= 11 is 0. The van der Waals surface area contributed by atoms with E-state index in [1.54, 1.807) is 41.0 Å². The highest BCUT2D eigenvalue weighted by Gasteiger charge is 2.10. The highest BCUT2D eigenvalue weighted by Crippen LogP contribution is 2.22. The molecule has 1 N–H and O–H groups in total. The summed E-state index contributed by atoms with van der Waals surface area (Å²) in [6, 6.07) is 14.8. The molecule has 0 radical (unpaired) electrons. The van der Waals surface area contributed by atoms with Gasteiger partial charge in [0, 0.05) is 36.0 Å². The summed E-state index contributed by atoms with van der Waals surface area (Å²) in [5, 5.41) is 14.9. The Hall–Kier alpha value is -3.19. The van der Waals surface area contributed by atoms with Crippen molar-refractivity contribution in [1.82, 2.24) is 25.4 Å². The molecule has 0 spiro atoms. The monoisotopic (exact) mass is 351 g/mol. The Kier molecular flexibility index (Phi) is 4.37. The van der Waals surface area contributed by atoms with E-state index in [0.717, 1.165) is 16.7 Å². The van der Waals surface area contributed by atoms with Crippen LogP contribution >= 0.6 is 0 Å². The summed E-state index contributed by atoms with van der Waals surface area (Å²) in [6.07, 6.45) is 1.79. The van der Waals surface area contributed by atoms with Crippen LogP contribution in [0.25, 0.3) is 16.8 Å². The fraction of sp³-hybridized carbons (Fsp3) is 0.105. The molecular formula is C19H15F2N5. The van der Waals surface area contributed by atoms with Gasteiger partial charge in [-0.15, -0.1) is 5.10 Å². The molecule has 130 valence electrons. The molecule has 7 heteroatoms. The minimum absolute atomic E-state index is 0.241. The number of hydrogen-bond acceptors (Lipinski definition) is 4. The molecule has 0 amide bonds. The minimum Gasteiger partial charge on any atom is -0.308 e. The number of rotatable bonds is 5. The SMILES string of the molecule is Fc1ccc(-c2cc(CNCc3ccccc3F)c3nnnn3c2)cc1. The molecule has 0 saturated carbocycles. The van der Waals surface area contributed by atoms with Crippen molar-refractivity contribution >= 4 is 5.65 Å². The van der Waals surface area contributed by atoms with Crippen LogP contribution in [0.2, 0.25) is 0 Å². The first-order valence-corrected chi connectivity index (χ1v) is 8.11. The smallest absolute Gasteiger partial charge is 0.183 e. The molecule has 0 saturated heterocycles. The third-order valence-electron chi connectivity index (χ3n) is 4.14. The van der Waals surface area contributed by atoms with Gasteiger partial charge in [0.2, 0.25) is 0 Å². The highest BCUT2D eigenvalue weighted by molar-refractivity contribution is 5.66. The second-order valence-electron chi connectivity index (χ2n) is 5.90. The number of tetrazole rings is 1. The number of nitrogens with zero attached hydrogens (tertiary/aromatic N) is 4. The van der Waals surface area contributed by atoms with Crippen molar-refractivity contribution in [3.63, 3.8) is 0 Å². The van der Waals surface area contributed by atoms with E-state index in [2.05, 4.69) is 20.8 Å². The van der Waals surface area contributed by atoms with Gasteiger partial charge in [0.05, 0.1) is 0 Å². The summed E-state index contributed by atoms with van der Waals surface area (Å²) in [5.41, 5.74) is 3.81. The summed E-state index contributed by atoms with van der Waals surface area (Å²) in [6.45, 7) is 0.856. The average molecular weight is 351 g/mol. The molecule has 26 heavy (non-hydrogen) atoms. The number of hydrogen-bond donors (Lipinski definition) is 1. The fourth-order valence-corrected chi connectivity index (χ4v) is 2.82. The molecule has 4 rings (SSSR count). The van der Waals surface area contributed by atoms with Crippen LogP contribution < -0.4 is 5.32 Å². The molecule has 2 aromatic heterocycles. The van der Waals surface area contributed by atoms with E-state index in [-0.39, 0.29) is 11.6 Å². The maximum absolute atomic E-state index is 13.7. The van der Waals surface area contributed by atoms with Crippen LogP contribution in [0, 0.1) is 11.6 Å². The standard InChI is InChI=1S/C19H15F2N5/c20-17-7-5-13(6-8-17)16-9-15(19-23-24-25-26(19)12-16)11-22-10-14-3-1-2-4-18(14)21/h1-9,12,22H,10-11H2. The Morgan fingerprint density at radius 2 is 1.65 bits per heavy atom. The number of benzene rings is 2. The molecule has 0 unspecified atom stereocenters. The van der Waals surface area contributed by atoms with Crippen molar-refractivity contribution in [2.45, 2.75) is 13.1 Å². The third-order valence-corrected chi connectivity index (χ3v) is 4.14. The van der Waals surface area contributed by atoms with Crippen LogP contribution in [-0.2, 0) is 13.1 Å². The Morgan fingerprint density at radius 1 is 0.885 bits per heavy atom. The maximum atomic E-state index is 13.7. The van der Waals surface area contributed by atoms with Gasteiger partial charge in [0.15, 0.2) is 5.65 Å². The lowest BCUT2D eigenvalue weighted by Gasteiger charge is -2.09. The minimum atomic E-state index is -0.288. The molecule has 0 atom stereocenters. The average Bonchev–Trinajstić information content (AvgIpc) is 3.12. The largest absolute Gasteiger partial charge is 0.308 e. The van der Waals surface area contributed by atoms with Crippen LogP contribution in [-0.4, -0.2) is 20.0 Å². The first-order chi connectivity index (χ1) is 12.7. The fourth-order valence-electron chi connectivity index (χ4n) is 2.82. The first kappa shape index (κ1) is 16.3. The zero-order valence-corrected chi connectivity index (χ0v) is 13.7. The third kappa shape index (κ3) is 3.29. The van der Waals surface area contributed by atoms with Gasteiger partial charge in [0.1, 0.15) is 11.6 Å². The maximum Gasteiger partial charge on any atom is 0.183 e. The van der Waals surface area contributed by atoms with Gasteiger partial charge >= 0.3 is 0 Å². The number of fused-ring (bicyclic) bond motifs is 1. The van der Waals surface area contributed by atoms with Crippen molar-refractivity contribution in [3.05, 3.63) is 83.6 Å². The second kappa shape index (κ2) is 6.97. The second-order valence-corrected chi connectivity index (χ2v) is 5.90. The van der Waals surface area contributed by atoms with E-state index in [1.807, 2.05) is 6.07 Å². The lowest BCUT2D eigenvalue weighted by atomic mass is 10.1. The van der Waals surface area contributed by atoms with Gasteiger partial charge in [-0.2, -0.15) is 4.52 Å². The highest BCUT2D eigenvalue weighted by atomic mass is 19.1. The molecule has 0 aliphatic heterocycles. The quantitative estimate of drug-likeness (QED) is 0.599. The predicted molar refractivity (Wildman–Crippen MR) is 93.1 cm³/mol. The molecule has 2 heterocycles. The molecular weight excluding hydrogens is 336 g/mol. The van der Waals surface area contributed by atoms with Gasteiger partial charge in [-0.25, -0.2) is 8.78 Å². The summed E-state index contributed by atoms with van der Waals surface area (Å²) in [4.78, 5) is 0. The topological polar surface area (TPSA) is 55.1 Å². The number of halogens is 2. The Bertz CT molecular complexity index is 1040. The van der Waals surface area contributed by atoms with Gasteiger partial charge in [0.25, 0.3) is 0 Å². The predicted octanol–water partition coefficient (Wildman–Crippen LogP) is 3.36. The number of nitrogens with one attached hydrogen (secondary N) is 1. The summed E-state index contributed by atoms with van der Waals surface area (Å²) in [5.74, 6) is -0.529. The molecule has 0 bridgehead atoms. The summed E-state index contributed by atoms with van der Waals surface area (Å²) < 4.78 is 28.5. The number of pyridine rings is 1. The molecule has 2 aromatic carbocycles. The van der Waals surface area contributed by atoms with E-state index in [4.69, 9.17) is 0 Å². The Balaban J connectivity index is 1.60. The van der Waals surface area contributed by atoms with Crippen molar-refractivity contribution < 1.29 is 8.78 Å². The van der Waals surface area contributed by atoms with Crippen LogP contribution in [0.3, 0.4) is 0 Å². The lowest BCUT2D eigenvalue weighted by Crippen LogP contribution is -2.14. The van der Waals surface area contributed by atoms with Gasteiger partial charge in [-0.05, 0) is 40.3 Å². The normalized spacial score (nSPS) is 11.2. The first-order valence-electron chi connectivity index (χ1n) is 8.11. The molecule has 0 aliphatic rings. The van der Waals surface area contributed by atoms with Crippen molar-refractivity contribution in [3.8, 4) is 11.1 Å². The van der Waals surface area contributed by atoms with Gasteiger partial charge in [-0.3, -0.25) is 0 Å². The summed E-state index contributed by atoms with van der Waals surface area (Å²) in [7, 11) is 0. The van der Waals surface area contributed by atoms with Crippen LogP contribution in [0.1, 0.15) is 11.1 Å². The van der Waals surface area contributed by atoms with E-state index in [9.17, 15) is 8.78 Å². The molecule has 4 aromatic rings. The zero-order chi connectivity index (χ0) is 17.9. The van der Waals surface area contributed by atoms with E-state index < -0.39 is 0 Å². The molecule has 5 nitrogen and oxygen atoms in total. The Morgan fingerprint density at radius 3 is 2.46 bits per heavy atom. The van der Waals surface area contributed by atoms with Crippen LogP contribution in [0.5, 0.6) is 0 Å². The van der Waals surface area contributed by atoms with Gasteiger partial charge in [-0.1, -0.05) is 30.3 Å². The van der Waals surface area contributed by atoms with Gasteiger partial charge < -0.3 is 5.32 Å². The van der Waals surface area contributed by atoms with Crippen molar-refractivity contribution in [2.24, 2.45) is 0 Å². The van der Waals surface area contributed by atoms with E-state index in [1.165, 1.54) is 18.2 Å². The van der Waals surface area contributed by atoms with E-state index in [0.29, 0.717) is 24.3 Å². The molecule has 0 aliphatic carbocycles. The molecule has 0 fully saturated rings. The zero-order valence-electron chi connectivity index (χ0n) is 13.7. The van der Waals surface area contributed by atoms with E-state index >= 15 is 0 Å². The van der Waals surface area contributed by atoms with Crippen LogP contribution in [0.15, 0.2) is 60.8 Å². The van der Waals surface area contributed by atoms with Crippen molar-refractivity contribution in [1.29, 1.82) is 0 Å². The Labute approximate surface area is 148 Å². The number of aromatic nitrogens is 4. The van der Waals surface area contributed by atoms with Crippen molar-refractivity contribution in [2.75, 3.05) is 0 Å².